The summed E-state index contributed by atoms with van der Waals surface area (Å²) in [5.41, 5.74) is 2.57. The Hall–Kier alpha value is -3.07. The Labute approximate surface area is 227 Å². The van der Waals surface area contributed by atoms with E-state index in [0.717, 1.165) is 43.1 Å². The zero-order valence-corrected chi connectivity index (χ0v) is 23.8. The van der Waals surface area contributed by atoms with Crippen molar-refractivity contribution in [3.8, 4) is 5.75 Å². The average molecular weight is 544 g/mol. The number of hydrogen-bond donors (Lipinski definition) is 1. The van der Waals surface area contributed by atoms with Gasteiger partial charge in [-0.2, -0.15) is 0 Å². The first-order valence-corrected chi connectivity index (χ1v) is 15.2. The summed E-state index contributed by atoms with van der Waals surface area (Å²) in [5.74, 6) is 0.304. The van der Waals surface area contributed by atoms with Crippen molar-refractivity contribution in [1.82, 2.24) is 10.2 Å². The Morgan fingerprint density at radius 1 is 1.03 bits per heavy atom. The molecule has 0 spiro atoms. The minimum Gasteiger partial charge on any atom is -0.497 e. The molecule has 0 aromatic heterocycles. The summed E-state index contributed by atoms with van der Waals surface area (Å²) in [6, 6.07) is 14.2. The average Bonchev–Trinajstić information content (AvgIpc) is 2.90. The normalized spacial score (nSPS) is 14.9. The van der Waals surface area contributed by atoms with Gasteiger partial charge in [-0.1, -0.05) is 49.1 Å². The van der Waals surface area contributed by atoms with Crippen LogP contribution in [0.1, 0.15) is 63.0 Å². The van der Waals surface area contributed by atoms with Gasteiger partial charge in [-0.05, 0) is 62.9 Å². The Bertz CT molecular complexity index is 1160. The van der Waals surface area contributed by atoms with E-state index in [4.69, 9.17) is 4.74 Å². The third kappa shape index (κ3) is 8.48. The molecule has 1 aliphatic carbocycles. The molecule has 0 unspecified atom stereocenters. The smallest absolute Gasteiger partial charge is 0.242 e. The molecule has 38 heavy (non-hydrogen) atoms. The van der Waals surface area contributed by atoms with Crippen molar-refractivity contribution in [3.63, 3.8) is 0 Å². The highest BCUT2D eigenvalue weighted by Crippen LogP contribution is 2.23. The van der Waals surface area contributed by atoms with E-state index in [1.54, 1.807) is 43.2 Å². The molecular weight excluding hydrogens is 502 g/mol. The van der Waals surface area contributed by atoms with E-state index in [2.05, 4.69) is 5.32 Å². The van der Waals surface area contributed by atoms with Gasteiger partial charge in [-0.15, -0.1) is 0 Å². The number of rotatable bonds is 12. The molecule has 2 amide bonds. The maximum Gasteiger partial charge on any atom is 0.242 e. The van der Waals surface area contributed by atoms with Gasteiger partial charge in [0.1, 0.15) is 11.8 Å². The lowest BCUT2D eigenvalue weighted by molar-refractivity contribution is -0.141. The van der Waals surface area contributed by atoms with Crippen molar-refractivity contribution in [2.75, 3.05) is 24.2 Å². The number of aryl methyl sites for hydroxylation is 1. The topological polar surface area (TPSA) is 96.0 Å². The van der Waals surface area contributed by atoms with Crippen molar-refractivity contribution < 1.29 is 22.7 Å². The predicted molar refractivity (Wildman–Crippen MR) is 151 cm³/mol. The number of carbonyl (C=O) groups excluding carboxylic acids is 2. The number of nitrogens with one attached hydrogen (secondary N) is 1. The lowest BCUT2D eigenvalue weighted by atomic mass is 9.95. The minimum absolute atomic E-state index is 0.120. The van der Waals surface area contributed by atoms with E-state index < -0.39 is 16.1 Å². The standard InChI is InChI=1S/C29H41N3O5S/c1-22-12-14-24(15-13-22)21-31(23(2)29(34)30-25-9-6-5-7-10-25)28(33)11-8-20-32(38(4,35)36)26-16-18-27(37-3)19-17-26/h12-19,23,25H,5-11,20-21H2,1-4H3,(H,30,34)/t23-/m0/s1. The van der Waals surface area contributed by atoms with Gasteiger partial charge in [-0.25, -0.2) is 8.42 Å². The van der Waals surface area contributed by atoms with Gasteiger partial charge >= 0.3 is 0 Å². The van der Waals surface area contributed by atoms with E-state index in [0.29, 0.717) is 24.4 Å². The van der Waals surface area contributed by atoms with Gasteiger partial charge in [0.2, 0.25) is 21.8 Å². The maximum absolute atomic E-state index is 13.5. The Balaban J connectivity index is 1.70. The molecule has 2 aromatic rings. The molecular formula is C29H41N3O5S. The molecule has 0 heterocycles. The highest BCUT2D eigenvalue weighted by molar-refractivity contribution is 7.92. The monoisotopic (exact) mass is 543 g/mol. The molecule has 1 aliphatic rings. The second-order valence-corrected chi connectivity index (χ2v) is 12.1. The Kier molecular flexibility index (Phi) is 10.6. The molecule has 1 saturated carbocycles. The molecule has 3 rings (SSSR count). The summed E-state index contributed by atoms with van der Waals surface area (Å²) < 4.78 is 31.5. The second-order valence-electron chi connectivity index (χ2n) is 10.2. The number of ether oxygens (including phenoxy) is 1. The molecule has 0 radical (unpaired) electrons. The van der Waals surface area contributed by atoms with Gasteiger partial charge in [0, 0.05) is 25.6 Å². The minimum atomic E-state index is -3.55. The van der Waals surface area contributed by atoms with Crippen LogP contribution in [0.3, 0.4) is 0 Å². The van der Waals surface area contributed by atoms with Crippen LogP contribution in [0.5, 0.6) is 5.75 Å². The van der Waals surface area contributed by atoms with E-state index in [1.807, 2.05) is 31.2 Å². The number of sulfonamides is 1. The summed E-state index contributed by atoms with van der Waals surface area (Å²) in [7, 11) is -2.00. The van der Waals surface area contributed by atoms with Crippen molar-refractivity contribution in [1.29, 1.82) is 0 Å². The molecule has 0 saturated heterocycles. The van der Waals surface area contributed by atoms with E-state index >= 15 is 0 Å². The fourth-order valence-electron chi connectivity index (χ4n) is 4.79. The third-order valence-corrected chi connectivity index (χ3v) is 8.30. The highest BCUT2D eigenvalue weighted by atomic mass is 32.2. The van der Waals surface area contributed by atoms with Gasteiger partial charge in [-0.3, -0.25) is 13.9 Å². The van der Waals surface area contributed by atoms with Crippen molar-refractivity contribution in [2.45, 2.75) is 77.4 Å². The maximum atomic E-state index is 13.5. The van der Waals surface area contributed by atoms with Crippen molar-refractivity contribution >= 4 is 27.5 Å². The number of methoxy groups -OCH3 is 1. The number of carbonyl (C=O) groups is 2. The number of hydrogen-bond acceptors (Lipinski definition) is 5. The molecule has 208 valence electrons. The van der Waals surface area contributed by atoms with Crippen LogP contribution >= 0.6 is 0 Å². The van der Waals surface area contributed by atoms with Crippen LogP contribution < -0.4 is 14.4 Å². The summed E-state index contributed by atoms with van der Waals surface area (Å²) in [5, 5.41) is 3.14. The zero-order chi connectivity index (χ0) is 27.7. The van der Waals surface area contributed by atoms with Crippen LogP contribution in [0.25, 0.3) is 0 Å². The SMILES string of the molecule is COc1ccc(N(CCCC(=O)N(Cc2ccc(C)cc2)[C@@H](C)C(=O)NC2CCCCC2)S(C)(=O)=O)cc1. The van der Waals surface area contributed by atoms with Gasteiger partial charge in [0.25, 0.3) is 0 Å². The van der Waals surface area contributed by atoms with Crippen LogP contribution in [0, 0.1) is 6.92 Å². The largest absolute Gasteiger partial charge is 0.497 e. The number of amides is 2. The van der Waals surface area contributed by atoms with E-state index in [1.165, 1.54) is 10.7 Å². The lowest BCUT2D eigenvalue weighted by Gasteiger charge is -2.31. The van der Waals surface area contributed by atoms with Crippen LogP contribution in [0.15, 0.2) is 48.5 Å². The second kappa shape index (κ2) is 13.6. The van der Waals surface area contributed by atoms with Crippen LogP contribution in [0.4, 0.5) is 5.69 Å². The van der Waals surface area contributed by atoms with E-state index in [9.17, 15) is 18.0 Å². The summed E-state index contributed by atoms with van der Waals surface area (Å²) in [6.45, 7) is 4.23. The molecule has 2 aromatic carbocycles. The predicted octanol–water partition coefficient (Wildman–Crippen LogP) is 4.42. The molecule has 8 nitrogen and oxygen atoms in total. The Morgan fingerprint density at radius 2 is 1.66 bits per heavy atom. The van der Waals surface area contributed by atoms with Crippen LogP contribution in [-0.2, 0) is 26.2 Å². The zero-order valence-electron chi connectivity index (χ0n) is 23.0. The first-order valence-electron chi connectivity index (χ1n) is 13.4. The van der Waals surface area contributed by atoms with Crippen LogP contribution in [0.2, 0.25) is 0 Å². The summed E-state index contributed by atoms with van der Waals surface area (Å²) in [6.07, 6.45) is 6.94. The quantitative estimate of drug-likeness (QED) is 0.428. The molecule has 1 N–H and O–H groups in total. The number of benzene rings is 2. The third-order valence-electron chi connectivity index (χ3n) is 7.10. The first-order chi connectivity index (χ1) is 18.1. The fourth-order valence-corrected chi connectivity index (χ4v) is 5.76. The summed E-state index contributed by atoms with van der Waals surface area (Å²) >= 11 is 0. The molecule has 9 heteroatoms. The number of nitrogens with zero attached hydrogens (tertiary/aromatic N) is 2. The van der Waals surface area contributed by atoms with Crippen LogP contribution in [-0.4, -0.2) is 57.1 Å². The molecule has 1 atom stereocenters. The molecule has 1 fully saturated rings. The van der Waals surface area contributed by atoms with Gasteiger partial charge in [0.15, 0.2) is 0 Å². The van der Waals surface area contributed by atoms with Crippen molar-refractivity contribution in [2.24, 2.45) is 0 Å². The lowest BCUT2D eigenvalue weighted by Crippen LogP contribution is -2.50. The van der Waals surface area contributed by atoms with Gasteiger partial charge in [0.05, 0.1) is 19.1 Å². The van der Waals surface area contributed by atoms with Gasteiger partial charge < -0.3 is 15.0 Å². The van der Waals surface area contributed by atoms with E-state index in [-0.39, 0.29) is 30.8 Å². The Morgan fingerprint density at radius 3 is 2.24 bits per heavy atom. The fraction of sp³-hybridized carbons (Fsp3) is 0.517. The highest BCUT2D eigenvalue weighted by Gasteiger charge is 2.28. The molecule has 0 bridgehead atoms. The summed E-state index contributed by atoms with van der Waals surface area (Å²) in [4.78, 5) is 28.2. The molecule has 0 aliphatic heterocycles. The first kappa shape index (κ1) is 29.5. The van der Waals surface area contributed by atoms with Crippen molar-refractivity contribution in [3.05, 3.63) is 59.7 Å². The number of anilines is 1.